The number of piperidine rings is 3. The van der Waals surface area contributed by atoms with Crippen molar-refractivity contribution in [2.75, 3.05) is 19.6 Å². The Morgan fingerprint density at radius 1 is 1.20 bits per heavy atom. The maximum atomic E-state index is 11.6. The average Bonchev–Trinajstić information content (AvgIpc) is 2.91. The first-order chi connectivity index (χ1) is 9.74. The minimum absolute atomic E-state index is 0.267. The molecule has 1 amide bonds. The van der Waals surface area contributed by atoms with Crippen molar-refractivity contribution in [3.63, 3.8) is 0 Å². The highest BCUT2D eigenvalue weighted by molar-refractivity contribution is 5.94. The van der Waals surface area contributed by atoms with Crippen LogP contribution >= 0.6 is 0 Å². The highest BCUT2D eigenvalue weighted by Crippen LogP contribution is 2.47. The number of nitrogens with two attached hydrogens (primary N) is 1. The van der Waals surface area contributed by atoms with Crippen molar-refractivity contribution in [1.29, 1.82) is 0 Å². The van der Waals surface area contributed by atoms with Crippen molar-refractivity contribution in [2.24, 2.45) is 17.6 Å². The van der Waals surface area contributed by atoms with Gasteiger partial charge in [-0.3, -0.25) is 4.79 Å². The summed E-state index contributed by atoms with van der Waals surface area (Å²) in [5.41, 5.74) is 8.93. The highest BCUT2D eigenvalue weighted by atomic mass is 16.1. The normalized spacial score (nSPS) is 35.0. The Morgan fingerprint density at radius 2 is 2.00 bits per heavy atom. The van der Waals surface area contributed by atoms with Crippen molar-refractivity contribution in [3.8, 4) is 0 Å². The van der Waals surface area contributed by atoms with Crippen LogP contribution in [0.25, 0.3) is 0 Å². The molecule has 3 heteroatoms. The second-order valence-electron chi connectivity index (χ2n) is 6.68. The van der Waals surface area contributed by atoms with Gasteiger partial charge < -0.3 is 10.6 Å². The van der Waals surface area contributed by atoms with Crippen LogP contribution < -0.4 is 5.73 Å². The molecule has 20 heavy (non-hydrogen) atoms. The Hall–Kier alpha value is -1.35. The standard InChI is InChI=1S/C17H22N2O/c18-17(20)15-3-1-2-12-13(15)4-5-14(12)16-10-19-8-6-11(16)7-9-19/h1-3,11,14,16H,4-10H2,(H2,18,20). The van der Waals surface area contributed by atoms with Crippen LogP contribution in [0, 0.1) is 11.8 Å². The molecule has 3 heterocycles. The fourth-order valence-corrected chi connectivity index (χ4v) is 4.83. The minimum atomic E-state index is -0.267. The van der Waals surface area contributed by atoms with Crippen LogP contribution in [0.1, 0.15) is 46.7 Å². The number of rotatable bonds is 2. The van der Waals surface area contributed by atoms with Gasteiger partial charge in [0.15, 0.2) is 0 Å². The lowest BCUT2D eigenvalue weighted by Crippen LogP contribution is -2.49. The Kier molecular flexibility index (Phi) is 2.84. The van der Waals surface area contributed by atoms with Crippen molar-refractivity contribution < 1.29 is 4.79 Å². The first kappa shape index (κ1) is 12.4. The van der Waals surface area contributed by atoms with Crippen LogP contribution in [0.2, 0.25) is 0 Å². The lowest BCUT2D eigenvalue weighted by atomic mass is 9.71. The van der Waals surface area contributed by atoms with Gasteiger partial charge in [0, 0.05) is 12.1 Å². The number of fused-ring (bicyclic) bond motifs is 4. The Labute approximate surface area is 120 Å². The third-order valence-electron chi connectivity index (χ3n) is 5.81. The maximum Gasteiger partial charge on any atom is 0.248 e. The number of nitrogens with zero attached hydrogens (tertiary/aromatic N) is 1. The van der Waals surface area contributed by atoms with Crippen molar-refractivity contribution in [2.45, 2.75) is 31.6 Å². The zero-order valence-electron chi connectivity index (χ0n) is 11.8. The molecule has 2 atom stereocenters. The Morgan fingerprint density at radius 3 is 2.65 bits per heavy atom. The van der Waals surface area contributed by atoms with Crippen LogP contribution in [0.4, 0.5) is 0 Å². The van der Waals surface area contributed by atoms with Crippen molar-refractivity contribution in [1.82, 2.24) is 4.90 Å². The average molecular weight is 270 g/mol. The summed E-state index contributed by atoms with van der Waals surface area (Å²) in [5, 5.41) is 0. The SMILES string of the molecule is NC(=O)c1cccc2c1CCC2C1CN2CCC1CC2. The molecule has 3 fully saturated rings. The molecule has 2 unspecified atom stereocenters. The van der Waals surface area contributed by atoms with E-state index in [-0.39, 0.29) is 5.91 Å². The van der Waals surface area contributed by atoms with Crippen LogP contribution in [0.5, 0.6) is 0 Å². The van der Waals surface area contributed by atoms with Crippen LogP contribution in [-0.4, -0.2) is 30.4 Å². The number of primary amides is 1. The van der Waals surface area contributed by atoms with Crippen LogP contribution in [-0.2, 0) is 6.42 Å². The van der Waals surface area contributed by atoms with Gasteiger partial charge in [0.25, 0.3) is 0 Å². The molecule has 3 nitrogen and oxygen atoms in total. The molecule has 106 valence electrons. The number of amides is 1. The Balaban J connectivity index is 1.68. The van der Waals surface area contributed by atoms with E-state index in [0.29, 0.717) is 5.92 Å². The molecule has 3 aliphatic heterocycles. The number of hydrogen-bond acceptors (Lipinski definition) is 2. The van der Waals surface area contributed by atoms with Crippen LogP contribution in [0.3, 0.4) is 0 Å². The van der Waals surface area contributed by atoms with Gasteiger partial charge in [-0.15, -0.1) is 0 Å². The summed E-state index contributed by atoms with van der Waals surface area (Å²) in [6, 6.07) is 6.13. The van der Waals surface area contributed by atoms with Gasteiger partial charge in [-0.05, 0) is 73.7 Å². The summed E-state index contributed by atoms with van der Waals surface area (Å²) in [6.07, 6.45) is 4.97. The monoisotopic (exact) mass is 270 g/mol. The molecule has 0 spiro atoms. The second kappa shape index (κ2) is 4.59. The summed E-state index contributed by atoms with van der Waals surface area (Å²) < 4.78 is 0. The fraction of sp³-hybridized carbons (Fsp3) is 0.588. The van der Waals surface area contributed by atoms with Gasteiger partial charge >= 0.3 is 0 Å². The molecular formula is C17H22N2O. The first-order valence-electron chi connectivity index (χ1n) is 7.88. The van der Waals surface area contributed by atoms with Crippen LogP contribution in [0.15, 0.2) is 18.2 Å². The van der Waals surface area contributed by atoms with E-state index in [4.69, 9.17) is 5.73 Å². The lowest BCUT2D eigenvalue weighted by Gasteiger charge is -2.47. The van der Waals surface area contributed by atoms with E-state index >= 15 is 0 Å². The summed E-state index contributed by atoms with van der Waals surface area (Å²) in [5.74, 6) is 2.07. The summed E-state index contributed by atoms with van der Waals surface area (Å²) in [7, 11) is 0. The van der Waals surface area contributed by atoms with E-state index < -0.39 is 0 Å². The summed E-state index contributed by atoms with van der Waals surface area (Å²) >= 11 is 0. The third kappa shape index (κ3) is 1.80. The largest absolute Gasteiger partial charge is 0.366 e. The highest BCUT2D eigenvalue weighted by Gasteiger charge is 2.41. The number of hydrogen-bond donors (Lipinski definition) is 1. The van der Waals surface area contributed by atoms with Gasteiger partial charge in [0.05, 0.1) is 0 Å². The van der Waals surface area contributed by atoms with E-state index in [2.05, 4.69) is 11.0 Å². The van der Waals surface area contributed by atoms with Crippen molar-refractivity contribution in [3.05, 3.63) is 34.9 Å². The molecule has 4 aliphatic rings. The lowest BCUT2D eigenvalue weighted by molar-refractivity contribution is 0.0367. The summed E-state index contributed by atoms with van der Waals surface area (Å²) in [4.78, 5) is 14.2. The smallest absolute Gasteiger partial charge is 0.248 e. The topological polar surface area (TPSA) is 46.3 Å². The quantitative estimate of drug-likeness (QED) is 0.895. The second-order valence-corrected chi connectivity index (χ2v) is 6.68. The molecule has 2 bridgehead atoms. The fourth-order valence-electron chi connectivity index (χ4n) is 4.83. The molecule has 1 aliphatic carbocycles. The molecule has 3 saturated heterocycles. The zero-order chi connectivity index (χ0) is 13.7. The van der Waals surface area contributed by atoms with Gasteiger partial charge in [-0.1, -0.05) is 12.1 Å². The van der Waals surface area contributed by atoms with E-state index in [0.717, 1.165) is 23.8 Å². The van der Waals surface area contributed by atoms with E-state index in [1.54, 1.807) is 0 Å². The first-order valence-corrected chi connectivity index (χ1v) is 7.88. The van der Waals surface area contributed by atoms with E-state index in [9.17, 15) is 4.79 Å². The number of benzene rings is 1. The maximum absolute atomic E-state index is 11.6. The van der Waals surface area contributed by atoms with Gasteiger partial charge in [-0.25, -0.2) is 0 Å². The number of carbonyl (C=O) groups excluding carboxylic acids is 1. The zero-order valence-corrected chi connectivity index (χ0v) is 11.8. The number of carbonyl (C=O) groups is 1. The van der Waals surface area contributed by atoms with Gasteiger partial charge in [-0.2, -0.15) is 0 Å². The van der Waals surface area contributed by atoms with E-state index in [1.807, 2.05) is 12.1 Å². The molecule has 5 rings (SSSR count). The predicted octanol–water partition coefficient (Wildman–Crippen LogP) is 2.16. The third-order valence-corrected chi connectivity index (χ3v) is 5.81. The molecule has 1 aromatic carbocycles. The molecule has 0 saturated carbocycles. The van der Waals surface area contributed by atoms with Gasteiger partial charge in [0.1, 0.15) is 0 Å². The van der Waals surface area contributed by atoms with E-state index in [1.165, 1.54) is 50.0 Å². The Bertz CT molecular complexity index is 546. The molecule has 2 N–H and O–H groups in total. The van der Waals surface area contributed by atoms with Crippen molar-refractivity contribution >= 4 is 5.91 Å². The predicted molar refractivity (Wildman–Crippen MR) is 78.7 cm³/mol. The molecule has 1 aromatic rings. The molecule has 0 radical (unpaired) electrons. The summed E-state index contributed by atoms with van der Waals surface area (Å²) in [6.45, 7) is 3.85. The minimum Gasteiger partial charge on any atom is -0.366 e. The molecular weight excluding hydrogens is 248 g/mol. The molecule has 0 aromatic heterocycles. The van der Waals surface area contributed by atoms with Gasteiger partial charge in [0.2, 0.25) is 5.91 Å².